The first-order chi connectivity index (χ1) is 12.5. The predicted octanol–water partition coefficient (Wildman–Crippen LogP) is 1.77. The van der Waals surface area contributed by atoms with Crippen molar-refractivity contribution < 1.29 is 13.2 Å². The molecule has 1 aliphatic carbocycles. The van der Waals surface area contributed by atoms with Crippen LogP contribution < -0.4 is 10.0 Å². The average molecular weight is 414 g/mol. The standard InChI is InChI=1S/C19H27N3O3S.ClH/c23-18(17-14-19(17)8-10-20-11-9-19)22-12-6-15(7-13-22)21-26(24,25)16-4-2-1-3-5-16;/h1-5,15,17,20-21H,6-14H2;1H. The number of nitrogens with zero attached hydrogens (tertiary/aromatic N) is 1. The van der Waals surface area contributed by atoms with Gasteiger partial charge in [0.2, 0.25) is 15.9 Å². The van der Waals surface area contributed by atoms with Crippen molar-refractivity contribution in [2.45, 2.75) is 43.0 Å². The maximum absolute atomic E-state index is 12.8. The first-order valence-electron chi connectivity index (χ1n) is 9.57. The Morgan fingerprint density at radius 2 is 1.74 bits per heavy atom. The number of sulfonamides is 1. The zero-order chi connectivity index (χ0) is 18.2. The van der Waals surface area contributed by atoms with E-state index >= 15 is 0 Å². The average Bonchev–Trinajstić information content (AvgIpc) is 3.35. The molecular weight excluding hydrogens is 386 g/mol. The first kappa shape index (κ1) is 20.6. The van der Waals surface area contributed by atoms with Gasteiger partial charge in [0.1, 0.15) is 0 Å². The van der Waals surface area contributed by atoms with Gasteiger partial charge in [0.05, 0.1) is 4.90 Å². The predicted molar refractivity (Wildman–Crippen MR) is 106 cm³/mol. The molecule has 1 saturated carbocycles. The van der Waals surface area contributed by atoms with E-state index in [-0.39, 0.29) is 35.7 Å². The minimum absolute atomic E-state index is 0. The molecule has 6 nitrogen and oxygen atoms in total. The molecule has 27 heavy (non-hydrogen) atoms. The molecule has 2 aliphatic heterocycles. The number of carbonyl (C=O) groups excluding carboxylic acids is 1. The van der Waals surface area contributed by atoms with Crippen molar-refractivity contribution in [3.63, 3.8) is 0 Å². The van der Waals surface area contributed by atoms with Gasteiger partial charge in [0.25, 0.3) is 0 Å². The van der Waals surface area contributed by atoms with E-state index in [4.69, 9.17) is 0 Å². The molecule has 8 heteroatoms. The fourth-order valence-electron chi connectivity index (χ4n) is 4.50. The van der Waals surface area contributed by atoms with Gasteiger partial charge in [-0.05, 0) is 62.7 Å². The molecule has 2 saturated heterocycles. The Morgan fingerprint density at radius 1 is 1.11 bits per heavy atom. The minimum atomic E-state index is -3.48. The number of halogens is 1. The summed E-state index contributed by atoms with van der Waals surface area (Å²) in [6.07, 6.45) is 4.61. The number of benzene rings is 1. The second-order valence-corrected chi connectivity index (χ2v) is 9.62. The van der Waals surface area contributed by atoms with Gasteiger partial charge in [0.15, 0.2) is 0 Å². The van der Waals surface area contributed by atoms with Gasteiger partial charge in [-0.2, -0.15) is 0 Å². The highest BCUT2D eigenvalue weighted by Crippen LogP contribution is 2.59. The van der Waals surface area contributed by atoms with Gasteiger partial charge >= 0.3 is 0 Å². The van der Waals surface area contributed by atoms with E-state index in [0.717, 1.165) is 32.4 Å². The van der Waals surface area contributed by atoms with Crippen molar-refractivity contribution in [1.82, 2.24) is 14.9 Å². The molecule has 0 bridgehead atoms. The molecule has 1 aromatic rings. The number of hydrogen-bond acceptors (Lipinski definition) is 4. The van der Waals surface area contributed by atoms with Gasteiger partial charge in [-0.25, -0.2) is 13.1 Å². The van der Waals surface area contributed by atoms with Crippen molar-refractivity contribution in [2.75, 3.05) is 26.2 Å². The molecule has 3 aliphatic rings. The van der Waals surface area contributed by atoms with E-state index < -0.39 is 10.0 Å². The van der Waals surface area contributed by atoms with Crippen LogP contribution in [0, 0.1) is 11.3 Å². The summed E-state index contributed by atoms with van der Waals surface area (Å²) in [7, 11) is -3.48. The molecular formula is C19H28ClN3O3S. The van der Waals surface area contributed by atoms with Crippen LogP contribution in [0.1, 0.15) is 32.1 Å². The smallest absolute Gasteiger partial charge is 0.240 e. The fraction of sp³-hybridized carbons (Fsp3) is 0.632. The van der Waals surface area contributed by atoms with E-state index in [9.17, 15) is 13.2 Å². The number of piperidine rings is 2. The van der Waals surface area contributed by atoms with Crippen LogP contribution in [-0.2, 0) is 14.8 Å². The van der Waals surface area contributed by atoms with E-state index in [1.165, 1.54) is 0 Å². The quantitative estimate of drug-likeness (QED) is 0.788. The molecule has 0 aromatic heterocycles. The molecule has 1 amide bonds. The van der Waals surface area contributed by atoms with Crippen LogP contribution in [0.3, 0.4) is 0 Å². The minimum Gasteiger partial charge on any atom is -0.342 e. The summed E-state index contributed by atoms with van der Waals surface area (Å²) >= 11 is 0. The van der Waals surface area contributed by atoms with E-state index in [1.54, 1.807) is 30.3 Å². The van der Waals surface area contributed by atoms with Gasteiger partial charge in [0, 0.05) is 25.0 Å². The Bertz CT molecular complexity index is 758. The monoisotopic (exact) mass is 413 g/mol. The summed E-state index contributed by atoms with van der Waals surface area (Å²) in [5, 5.41) is 3.37. The third-order valence-electron chi connectivity index (χ3n) is 6.27. The zero-order valence-electron chi connectivity index (χ0n) is 15.4. The lowest BCUT2D eigenvalue weighted by Gasteiger charge is -2.33. The number of amides is 1. The van der Waals surface area contributed by atoms with Crippen LogP contribution in [0.15, 0.2) is 35.2 Å². The fourth-order valence-corrected chi connectivity index (χ4v) is 5.83. The van der Waals surface area contributed by atoms with Crippen molar-refractivity contribution in [2.24, 2.45) is 11.3 Å². The molecule has 1 unspecified atom stereocenters. The van der Waals surface area contributed by atoms with E-state index in [0.29, 0.717) is 30.8 Å². The highest BCUT2D eigenvalue weighted by molar-refractivity contribution is 7.89. The summed E-state index contributed by atoms with van der Waals surface area (Å²) in [6.45, 7) is 3.33. The number of rotatable bonds is 4. The highest BCUT2D eigenvalue weighted by atomic mass is 35.5. The SMILES string of the molecule is Cl.O=C(C1CC12CCNCC2)N1CCC(NS(=O)(=O)c2ccccc2)CC1. The van der Waals surface area contributed by atoms with Crippen molar-refractivity contribution in [3.05, 3.63) is 30.3 Å². The number of hydrogen-bond donors (Lipinski definition) is 2. The second kappa shape index (κ2) is 8.07. The van der Waals surface area contributed by atoms with E-state index in [1.807, 2.05) is 4.90 Å². The largest absolute Gasteiger partial charge is 0.342 e. The lowest BCUT2D eigenvalue weighted by Crippen LogP contribution is -2.47. The van der Waals surface area contributed by atoms with E-state index in [2.05, 4.69) is 10.0 Å². The summed E-state index contributed by atoms with van der Waals surface area (Å²) in [4.78, 5) is 15.1. The normalized spacial score (nSPS) is 25.0. The first-order valence-corrected chi connectivity index (χ1v) is 11.1. The summed E-state index contributed by atoms with van der Waals surface area (Å²) in [6, 6.07) is 8.36. The number of likely N-dealkylation sites (tertiary alicyclic amines) is 1. The van der Waals surface area contributed by atoms with Crippen LogP contribution >= 0.6 is 12.4 Å². The van der Waals surface area contributed by atoms with Crippen molar-refractivity contribution in [3.8, 4) is 0 Å². The van der Waals surface area contributed by atoms with Crippen molar-refractivity contribution in [1.29, 1.82) is 0 Å². The third kappa shape index (κ3) is 4.31. The molecule has 4 rings (SSSR count). The van der Waals surface area contributed by atoms with Gasteiger partial charge < -0.3 is 10.2 Å². The number of nitrogens with one attached hydrogen (secondary N) is 2. The maximum atomic E-state index is 12.8. The van der Waals surface area contributed by atoms with Crippen LogP contribution in [0.25, 0.3) is 0 Å². The summed E-state index contributed by atoms with van der Waals surface area (Å²) < 4.78 is 27.7. The molecule has 0 radical (unpaired) electrons. The highest BCUT2D eigenvalue weighted by Gasteiger charge is 2.58. The maximum Gasteiger partial charge on any atom is 0.240 e. The van der Waals surface area contributed by atoms with Crippen LogP contribution in [-0.4, -0.2) is 51.4 Å². The zero-order valence-corrected chi connectivity index (χ0v) is 17.0. The van der Waals surface area contributed by atoms with Crippen LogP contribution in [0.5, 0.6) is 0 Å². The molecule has 3 fully saturated rings. The Hall–Kier alpha value is -1.15. The van der Waals surface area contributed by atoms with Crippen LogP contribution in [0.4, 0.5) is 0 Å². The van der Waals surface area contributed by atoms with Gasteiger partial charge in [-0.1, -0.05) is 18.2 Å². The lowest BCUT2D eigenvalue weighted by atomic mass is 9.91. The summed E-state index contributed by atoms with van der Waals surface area (Å²) in [5.74, 6) is 0.485. The van der Waals surface area contributed by atoms with Crippen molar-refractivity contribution >= 4 is 28.3 Å². The summed E-state index contributed by atoms with van der Waals surface area (Å²) in [5.41, 5.74) is 0.258. The molecule has 1 aromatic carbocycles. The topological polar surface area (TPSA) is 78.5 Å². The van der Waals surface area contributed by atoms with Gasteiger partial charge in [-0.3, -0.25) is 4.79 Å². The molecule has 1 atom stereocenters. The number of carbonyl (C=O) groups is 1. The Labute approximate surface area is 167 Å². The van der Waals surface area contributed by atoms with Gasteiger partial charge in [-0.15, -0.1) is 12.4 Å². The molecule has 2 heterocycles. The van der Waals surface area contributed by atoms with Crippen LogP contribution in [0.2, 0.25) is 0 Å². The lowest BCUT2D eigenvalue weighted by molar-refractivity contribution is -0.134. The molecule has 150 valence electrons. The Morgan fingerprint density at radius 3 is 2.37 bits per heavy atom. The molecule has 2 N–H and O–H groups in total. The molecule has 1 spiro atoms. The Balaban J connectivity index is 0.00000210. The third-order valence-corrected chi connectivity index (χ3v) is 7.81. The second-order valence-electron chi connectivity index (χ2n) is 7.90. The Kier molecular flexibility index (Phi) is 6.15.